The highest BCUT2D eigenvalue weighted by Gasteiger charge is 2.67. The van der Waals surface area contributed by atoms with Gasteiger partial charge in [-0.1, -0.05) is 46.6 Å². The van der Waals surface area contributed by atoms with Crippen molar-refractivity contribution in [2.24, 2.45) is 11.8 Å². The van der Waals surface area contributed by atoms with Gasteiger partial charge >= 0.3 is 0 Å². The van der Waals surface area contributed by atoms with Crippen molar-refractivity contribution in [2.45, 2.75) is 25.2 Å². The highest BCUT2D eigenvalue weighted by Crippen LogP contribution is 2.52. The molecule has 29 heavy (non-hydrogen) atoms. The third kappa shape index (κ3) is 2.87. The Morgan fingerprint density at radius 2 is 2.21 bits per heavy atom. The summed E-state index contributed by atoms with van der Waals surface area (Å²) in [5.41, 5.74) is -0.0645. The molecular weight excluding hydrogens is 417 g/mol. The summed E-state index contributed by atoms with van der Waals surface area (Å²) in [5.74, 6) is -0.605. The normalized spacial score (nSPS) is 29.6. The van der Waals surface area contributed by atoms with Crippen LogP contribution in [-0.4, -0.2) is 35.2 Å². The van der Waals surface area contributed by atoms with Crippen LogP contribution in [0.25, 0.3) is 0 Å². The van der Waals surface area contributed by atoms with E-state index in [0.717, 1.165) is 5.56 Å². The van der Waals surface area contributed by atoms with Crippen LogP contribution in [0.5, 0.6) is 0 Å². The van der Waals surface area contributed by atoms with Crippen LogP contribution in [-0.2, 0) is 20.9 Å². The molecule has 0 saturated carbocycles. The number of aromatic nitrogens is 1. The minimum absolute atomic E-state index is 0.185. The Morgan fingerprint density at radius 1 is 1.38 bits per heavy atom. The van der Waals surface area contributed by atoms with Gasteiger partial charge in [0.25, 0.3) is 0 Å². The lowest BCUT2D eigenvalue weighted by Crippen LogP contribution is -2.44. The number of carbonyl (C=O) groups is 2. The van der Waals surface area contributed by atoms with E-state index in [1.807, 2.05) is 12.2 Å². The zero-order chi connectivity index (χ0) is 20.3. The number of benzene rings is 1. The molecule has 0 aliphatic carbocycles. The molecule has 2 saturated heterocycles. The molecule has 2 amide bonds. The fourth-order valence-electron chi connectivity index (χ4n) is 4.44. The number of ether oxygens (including phenoxy) is 1. The van der Waals surface area contributed by atoms with Crippen LogP contribution >= 0.6 is 23.2 Å². The average molecular weight is 434 g/mol. The molecule has 2 fully saturated rings. The summed E-state index contributed by atoms with van der Waals surface area (Å²) in [7, 11) is 0. The first-order chi connectivity index (χ1) is 13.9. The van der Waals surface area contributed by atoms with Gasteiger partial charge in [-0.3, -0.25) is 14.5 Å². The van der Waals surface area contributed by atoms with Gasteiger partial charge in [0.1, 0.15) is 11.4 Å². The number of halogens is 2. The minimum Gasteiger partial charge on any atom is -0.360 e. The summed E-state index contributed by atoms with van der Waals surface area (Å²) in [5, 5.41) is 7.83. The number of anilines is 1. The van der Waals surface area contributed by atoms with Crippen LogP contribution < -0.4 is 10.2 Å². The summed E-state index contributed by atoms with van der Waals surface area (Å²) in [6.45, 7) is 2.31. The Balaban J connectivity index is 1.36. The third-order valence-corrected chi connectivity index (χ3v) is 6.35. The van der Waals surface area contributed by atoms with Gasteiger partial charge < -0.3 is 14.6 Å². The molecule has 7 nitrogen and oxygen atoms in total. The van der Waals surface area contributed by atoms with Crippen molar-refractivity contribution in [2.75, 3.05) is 11.4 Å². The maximum absolute atomic E-state index is 13.2. The zero-order valence-electron chi connectivity index (χ0n) is 15.4. The molecule has 1 spiro atoms. The largest absolute Gasteiger partial charge is 0.360 e. The number of fused-ring (bicyclic) bond motifs is 1. The van der Waals surface area contributed by atoms with Gasteiger partial charge in [0.15, 0.2) is 5.82 Å². The lowest BCUT2D eigenvalue weighted by molar-refractivity contribution is -0.132. The molecule has 2 aromatic rings. The maximum atomic E-state index is 13.2. The standard InChI is InChI=1S/C20H17Cl2N3O4/c1-10-6-15(24-29-10)25-9-20-5-4-14(28-20)16(17(20)19(25)27)18(26)23-8-11-2-3-12(21)7-13(11)22/h2-7,14,16-17H,8-9H2,1H3,(H,23,26)/t14-,16+,17-,20-/m1/s1. The van der Waals surface area contributed by atoms with Crippen molar-refractivity contribution in [1.29, 1.82) is 0 Å². The fourth-order valence-corrected chi connectivity index (χ4v) is 4.91. The highest BCUT2D eigenvalue weighted by atomic mass is 35.5. The number of rotatable bonds is 4. The van der Waals surface area contributed by atoms with E-state index in [-0.39, 0.29) is 18.4 Å². The van der Waals surface area contributed by atoms with Crippen molar-refractivity contribution < 1.29 is 18.8 Å². The van der Waals surface area contributed by atoms with E-state index in [4.69, 9.17) is 32.5 Å². The van der Waals surface area contributed by atoms with Gasteiger partial charge in [-0.25, -0.2) is 0 Å². The fraction of sp³-hybridized carbons (Fsp3) is 0.350. The molecule has 5 rings (SSSR count). The number of hydrogen-bond donors (Lipinski definition) is 1. The predicted molar refractivity (Wildman–Crippen MR) is 106 cm³/mol. The van der Waals surface area contributed by atoms with E-state index in [9.17, 15) is 9.59 Å². The first kappa shape index (κ1) is 18.7. The number of amides is 2. The lowest BCUT2D eigenvalue weighted by atomic mass is 9.77. The van der Waals surface area contributed by atoms with Crippen LogP contribution in [0.15, 0.2) is 40.9 Å². The van der Waals surface area contributed by atoms with Crippen molar-refractivity contribution in [3.63, 3.8) is 0 Å². The molecule has 9 heteroatoms. The molecule has 1 aromatic heterocycles. The molecule has 150 valence electrons. The van der Waals surface area contributed by atoms with Crippen molar-refractivity contribution in [3.8, 4) is 0 Å². The van der Waals surface area contributed by atoms with Crippen LogP contribution in [0.1, 0.15) is 11.3 Å². The molecule has 0 unspecified atom stereocenters. The topological polar surface area (TPSA) is 84.7 Å². The second-order valence-electron chi connectivity index (χ2n) is 7.57. The van der Waals surface area contributed by atoms with Gasteiger partial charge in [0.2, 0.25) is 11.8 Å². The molecule has 4 atom stereocenters. The van der Waals surface area contributed by atoms with Gasteiger partial charge in [0.05, 0.1) is 24.5 Å². The van der Waals surface area contributed by atoms with Crippen LogP contribution in [0.2, 0.25) is 10.0 Å². The summed E-state index contributed by atoms with van der Waals surface area (Å²) in [4.78, 5) is 27.7. The number of hydrogen-bond acceptors (Lipinski definition) is 5. The van der Waals surface area contributed by atoms with Gasteiger partial charge in [-0.05, 0) is 24.6 Å². The monoisotopic (exact) mass is 433 g/mol. The first-order valence-corrected chi connectivity index (χ1v) is 9.97. The van der Waals surface area contributed by atoms with Crippen molar-refractivity contribution in [3.05, 3.63) is 57.8 Å². The zero-order valence-corrected chi connectivity index (χ0v) is 16.9. The van der Waals surface area contributed by atoms with Crippen molar-refractivity contribution >= 4 is 40.8 Å². The molecule has 3 aliphatic heterocycles. The maximum Gasteiger partial charge on any atom is 0.235 e. The predicted octanol–water partition coefficient (Wildman–Crippen LogP) is 2.89. The van der Waals surface area contributed by atoms with Crippen molar-refractivity contribution in [1.82, 2.24) is 10.5 Å². The lowest BCUT2D eigenvalue weighted by Gasteiger charge is -2.23. The molecular formula is C20H17Cl2N3O4. The molecule has 4 heterocycles. The third-order valence-electron chi connectivity index (χ3n) is 5.76. The molecule has 0 radical (unpaired) electrons. The first-order valence-electron chi connectivity index (χ1n) is 9.21. The Hall–Kier alpha value is -2.35. The van der Waals surface area contributed by atoms with E-state index in [0.29, 0.717) is 28.2 Å². The minimum atomic E-state index is -0.811. The average Bonchev–Trinajstić information content (AvgIpc) is 3.42. The quantitative estimate of drug-likeness (QED) is 0.749. The number of nitrogens with zero attached hydrogens (tertiary/aromatic N) is 2. The Morgan fingerprint density at radius 3 is 2.93 bits per heavy atom. The Bertz CT molecular complexity index is 1050. The molecule has 1 aromatic carbocycles. The van der Waals surface area contributed by atoms with Gasteiger partial charge in [-0.2, -0.15) is 0 Å². The molecule has 2 bridgehead atoms. The van der Waals surface area contributed by atoms with E-state index in [1.165, 1.54) is 4.90 Å². The second kappa shape index (κ2) is 6.58. The van der Waals surface area contributed by atoms with Crippen LogP contribution in [0.4, 0.5) is 5.82 Å². The van der Waals surface area contributed by atoms with Crippen LogP contribution in [0.3, 0.4) is 0 Å². The van der Waals surface area contributed by atoms with Gasteiger partial charge in [-0.15, -0.1) is 0 Å². The highest BCUT2D eigenvalue weighted by molar-refractivity contribution is 6.35. The van der Waals surface area contributed by atoms with Crippen LogP contribution in [0, 0.1) is 18.8 Å². The Kier molecular flexibility index (Phi) is 4.24. The number of nitrogens with one attached hydrogen (secondary N) is 1. The van der Waals surface area contributed by atoms with E-state index < -0.39 is 23.5 Å². The SMILES string of the molecule is Cc1cc(N2C[C@@]34C=C[C@@H](O3)[C@H](C(=O)NCc3ccc(Cl)cc3Cl)[C@@H]4C2=O)no1. The molecule has 3 aliphatic rings. The Labute approximate surface area is 176 Å². The van der Waals surface area contributed by atoms with Gasteiger partial charge in [0, 0.05) is 22.7 Å². The summed E-state index contributed by atoms with van der Waals surface area (Å²) in [6.07, 6.45) is 3.33. The van der Waals surface area contributed by atoms with E-state index >= 15 is 0 Å². The summed E-state index contributed by atoms with van der Waals surface area (Å²) in [6, 6.07) is 6.80. The van der Waals surface area contributed by atoms with E-state index in [1.54, 1.807) is 31.2 Å². The summed E-state index contributed by atoms with van der Waals surface area (Å²) < 4.78 is 11.2. The summed E-state index contributed by atoms with van der Waals surface area (Å²) >= 11 is 12.1. The number of aryl methyl sites for hydroxylation is 1. The van der Waals surface area contributed by atoms with E-state index in [2.05, 4.69) is 10.5 Å². The molecule has 1 N–H and O–H groups in total. The smallest absolute Gasteiger partial charge is 0.235 e. The number of carbonyl (C=O) groups excluding carboxylic acids is 2. The second-order valence-corrected chi connectivity index (χ2v) is 8.42.